The Kier molecular flexibility index (Phi) is 5.95. The molecular formula is C24H22N2O3S. The van der Waals surface area contributed by atoms with Crippen LogP contribution < -0.4 is 15.8 Å². The largest absolute Gasteiger partial charge is 0.489 e. The van der Waals surface area contributed by atoms with E-state index in [9.17, 15) is 9.59 Å². The molecule has 3 aromatic rings. The smallest absolute Gasteiger partial charge is 0.251 e. The summed E-state index contributed by atoms with van der Waals surface area (Å²) in [4.78, 5) is 25.3. The van der Waals surface area contributed by atoms with E-state index in [1.54, 1.807) is 6.08 Å². The third kappa shape index (κ3) is 4.60. The number of amides is 2. The molecule has 152 valence electrons. The molecule has 0 bridgehead atoms. The van der Waals surface area contributed by atoms with Gasteiger partial charge in [0.05, 0.1) is 5.56 Å². The topological polar surface area (TPSA) is 81.4 Å². The summed E-state index contributed by atoms with van der Waals surface area (Å²) in [5.41, 5.74) is 8.98. The van der Waals surface area contributed by atoms with Crippen LogP contribution in [-0.2, 0) is 24.2 Å². The molecule has 30 heavy (non-hydrogen) atoms. The molecular weight excluding hydrogens is 396 g/mol. The zero-order valence-electron chi connectivity index (χ0n) is 16.4. The lowest BCUT2D eigenvalue weighted by Crippen LogP contribution is -2.16. The van der Waals surface area contributed by atoms with Crippen molar-refractivity contribution in [1.82, 2.24) is 0 Å². The number of nitrogens with two attached hydrogens (primary N) is 1. The number of rotatable bonds is 7. The van der Waals surface area contributed by atoms with Crippen LogP contribution >= 0.6 is 11.3 Å². The molecule has 0 saturated heterocycles. The number of hydrogen-bond acceptors (Lipinski definition) is 4. The summed E-state index contributed by atoms with van der Waals surface area (Å²) in [5, 5.41) is 3.36. The van der Waals surface area contributed by atoms with Gasteiger partial charge in [-0.05, 0) is 54.2 Å². The number of carbonyl (C=O) groups is 2. The van der Waals surface area contributed by atoms with E-state index >= 15 is 0 Å². The minimum absolute atomic E-state index is 0.290. The number of anilines is 1. The number of thiophene rings is 1. The average Bonchev–Trinajstić information content (AvgIpc) is 3.33. The summed E-state index contributed by atoms with van der Waals surface area (Å²) >= 11 is 1.45. The summed E-state index contributed by atoms with van der Waals surface area (Å²) in [7, 11) is 0. The molecule has 0 aliphatic heterocycles. The minimum atomic E-state index is -0.486. The Labute approximate surface area is 179 Å². The fraction of sp³-hybridized carbons (Fsp3) is 0.167. The van der Waals surface area contributed by atoms with Gasteiger partial charge in [0.1, 0.15) is 17.4 Å². The van der Waals surface area contributed by atoms with Crippen LogP contribution in [0.15, 0.2) is 60.7 Å². The first-order valence-electron chi connectivity index (χ1n) is 9.80. The van der Waals surface area contributed by atoms with Crippen molar-refractivity contribution in [1.29, 1.82) is 0 Å². The van der Waals surface area contributed by atoms with Gasteiger partial charge in [0.15, 0.2) is 0 Å². The molecule has 3 N–H and O–H groups in total. The lowest BCUT2D eigenvalue weighted by Gasteiger charge is -2.06. The van der Waals surface area contributed by atoms with E-state index in [4.69, 9.17) is 10.5 Å². The van der Waals surface area contributed by atoms with Crippen molar-refractivity contribution in [3.63, 3.8) is 0 Å². The maximum atomic E-state index is 12.3. The Balaban J connectivity index is 1.36. The Morgan fingerprint density at radius 2 is 1.83 bits per heavy atom. The zero-order valence-corrected chi connectivity index (χ0v) is 17.2. The number of fused-ring (bicyclic) bond motifs is 1. The first kappa shape index (κ1) is 19.9. The number of nitrogens with one attached hydrogen (secondary N) is 1. The SMILES string of the molecule is NC(=O)c1c(NC(=O)/C=C/c2ccc(OCc3ccccc3)cc2)sc2c1CCC2. The molecule has 0 fully saturated rings. The zero-order chi connectivity index (χ0) is 20.9. The van der Waals surface area contributed by atoms with Crippen LogP contribution in [0, 0.1) is 0 Å². The lowest BCUT2D eigenvalue weighted by molar-refractivity contribution is -0.111. The number of primary amides is 1. The standard InChI is InChI=1S/C24H22N2O3S/c25-23(28)22-19-7-4-8-20(19)30-24(22)26-21(27)14-11-16-9-12-18(13-10-16)29-15-17-5-2-1-3-6-17/h1-3,5-6,9-14H,4,7-8,15H2,(H2,25,28)(H,26,27)/b14-11+. The van der Waals surface area contributed by atoms with E-state index in [0.29, 0.717) is 17.2 Å². The second kappa shape index (κ2) is 8.97. The quantitative estimate of drug-likeness (QED) is 0.552. The minimum Gasteiger partial charge on any atom is -0.489 e. The molecule has 5 nitrogen and oxygen atoms in total. The van der Waals surface area contributed by atoms with E-state index in [2.05, 4.69) is 5.32 Å². The molecule has 2 amide bonds. The van der Waals surface area contributed by atoms with Crippen molar-refractivity contribution >= 4 is 34.2 Å². The summed E-state index contributed by atoms with van der Waals surface area (Å²) in [5.74, 6) is -0.0127. The third-order valence-corrected chi connectivity index (χ3v) is 6.17. The summed E-state index contributed by atoms with van der Waals surface area (Å²) in [6.07, 6.45) is 5.98. The van der Waals surface area contributed by atoms with Gasteiger partial charge in [0, 0.05) is 11.0 Å². The molecule has 0 radical (unpaired) electrons. The van der Waals surface area contributed by atoms with E-state index in [1.165, 1.54) is 17.4 Å². The van der Waals surface area contributed by atoms with Gasteiger partial charge < -0.3 is 15.8 Å². The van der Waals surface area contributed by atoms with Crippen LogP contribution in [0.2, 0.25) is 0 Å². The van der Waals surface area contributed by atoms with Crippen LogP contribution in [0.4, 0.5) is 5.00 Å². The highest BCUT2D eigenvalue weighted by Gasteiger charge is 2.25. The number of carbonyl (C=O) groups excluding carboxylic acids is 2. The van der Waals surface area contributed by atoms with Gasteiger partial charge in [-0.3, -0.25) is 9.59 Å². The summed E-state index contributed by atoms with van der Waals surface area (Å²) in [6.45, 7) is 0.505. The number of ether oxygens (including phenoxy) is 1. The molecule has 1 heterocycles. The van der Waals surface area contributed by atoms with Crippen molar-refractivity contribution in [3.8, 4) is 5.75 Å². The molecule has 0 unspecified atom stereocenters. The van der Waals surface area contributed by atoms with Crippen molar-refractivity contribution < 1.29 is 14.3 Å². The molecule has 0 atom stereocenters. The first-order chi connectivity index (χ1) is 14.6. The molecule has 1 aliphatic carbocycles. The van der Waals surface area contributed by atoms with Crippen molar-refractivity contribution in [2.24, 2.45) is 5.73 Å². The van der Waals surface area contributed by atoms with Gasteiger partial charge in [-0.1, -0.05) is 42.5 Å². The molecule has 6 heteroatoms. The molecule has 2 aromatic carbocycles. The predicted octanol–water partition coefficient (Wildman–Crippen LogP) is 4.57. The molecule has 4 rings (SSSR count). The Bertz CT molecular complexity index is 1090. The van der Waals surface area contributed by atoms with Gasteiger partial charge in [0.25, 0.3) is 5.91 Å². The normalized spacial score (nSPS) is 12.7. The van der Waals surface area contributed by atoms with E-state index in [0.717, 1.165) is 46.6 Å². The second-order valence-corrected chi connectivity index (χ2v) is 8.20. The fourth-order valence-electron chi connectivity index (χ4n) is 3.49. The Morgan fingerprint density at radius 3 is 2.57 bits per heavy atom. The molecule has 0 spiro atoms. The van der Waals surface area contributed by atoms with Crippen molar-refractivity contribution in [2.75, 3.05) is 5.32 Å². The summed E-state index contributed by atoms with van der Waals surface area (Å²) < 4.78 is 5.77. The fourth-order valence-corrected chi connectivity index (χ4v) is 4.79. The van der Waals surface area contributed by atoms with Crippen molar-refractivity contribution in [2.45, 2.75) is 25.9 Å². The maximum absolute atomic E-state index is 12.3. The number of hydrogen-bond donors (Lipinski definition) is 2. The second-order valence-electron chi connectivity index (χ2n) is 7.09. The lowest BCUT2D eigenvalue weighted by atomic mass is 10.1. The Hall–Kier alpha value is -3.38. The van der Waals surface area contributed by atoms with E-state index < -0.39 is 5.91 Å². The number of aryl methyl sites for hydroxylation is 1. The Morgan fingerprint density at radius 1 is 1.07 bits per heavy atom. The van der Waals surface area contributed by atoms with Gasteiger partial charge in [-0.2, -0.15) is 0 Å². The van der Waals surface area contributed by atoms with Crippen LogP contribution in [0.5, 0.6) is 5.75 Å². The van der Waals surface area contributed by atoms with Gasteiger partial charge >= 0.3 is 0 Å². The van der Waals surface area contributed by atoms with Crippen LogP contribution in [0.3, 0.4) is 0 Å². The highest BCUT2D eigenvalue weighted by Crippen LogP contribution is 2.38. The highest BCUT2D eigenvalue weighted by atomic mass is 32.1. The number of benzene rings is 2. The first-order valence-corrected chi connectivity index (χ1v) is 10.6. The maximum Gasteiger partial charge on any atom is 0.251 e. The monoisotopic (exact) mass is 418 g/mol. The third-order valence-electron chi connectivity index (χ3n) is 4.96. The van der Waals surface area contributed by atoms with E-state index in [1.807, 2.05) is 54.6 Å². The summed E-state index contributed by atoms with van der Waals surface area (Å²) in [6, 6.07) is 17.5. The predicted molar refractivity (Wildman–Crippen MR) is 120 cm³/mol. The average molecular weight is 419 g/mol. The molecule has 0 saturated carbocycles. The van der Waals surface area contributed by atoms with Crippen molar-refractivity contribution in [3.05, 3.63) is 87.8 Å². The van der Waals surface area contributed by atoms with Crippen LogP contribution in [0.25, 0.3) is 6.08 Å². The van der Waals surface area contributed by atoms with Crippen LogP contribution in [-0.4, -0.2) is 11.8 Å². The van der Waals surface area contributed by atoms with Gasteiger partial charge in [0.2, 0.25) is 5.91 Å². The van der Waals surface area contributed by atoms with Gasteiger partial charge in [-0.15, -0.1) is 11.3 Å². The van der Waals surface area contributed by atoms with Gasteiger partial charge in [-0.25, -0.2) is 0 Å². The van der Waals surface area contributed by atoms with E-state index in [-0.39, 0.29) is 5.91 Å². The highest BCUT2D eigenvalue weighted by molar-refractivity contribution is 7.17. The van der Waals surface area contributed by atoms with Crippen LogP contribution in [0.1, 0.15) is 38.3 Å². The molecule has 1 aromatic heterocycles. The molecule has 1 aliphatic rings.